The zero-order valence-electron chi connectivity index (χ0n) is 20.1. The summed E-state index contributed by atoms with van der Waals surface area (Å²) in [4.78, 5) is 26.5. The average Bonchev–Trinajstić information content (AvgIpc) is 2.73. The van der Waals surface area contributed by atoms with E-state index in [1.807, 2.05) is 25.1 Å². The SMILES string of the molecule is Cc1ccc2nc(C(=O)NC(C)(C)CNS(C)(=O)=O)nc(N[C@H]3CCCC[C@H]3N=C(N)N)c2c1. The Hall–Kier alpha value is -2.99. The Bertz CT molecular complexity index is 1190. The lowest BCUT2D eigenvalue weighted by Gasteiger charge is -2.30. The molecule has 1 aromatic heterocycles. The predicted octanol–water partition coefficient (Wildman–Crippen LogP) is 0.992. The summed E-state index contributed by atoms with van der Waals surface area (Å²) in [6, 6.07) is 5.60. The van der Waals surface area contributed by atoms with E-state index in [9.17, 15) is 13.2 Å². The number of fused-ring (bicyclic) bond motifs is 1. The van der Waals surface area contributed by atoms with Gasteiger partial charge in [-0.1, -0.05) is 24.5 Å². The normalized spacial score (nSPS) is 18.9. The number of aromatic nitrogens is 2. The molecule has 1 aromatic carbocycles. The number of nitrogens with zero attached hydrogens (tertiary/aromatic N) is 3. The number of carbonyl (C=O) groups excluding carboxylic acids is 1. The molecule has 0 saturated heterocycles. The number of sulfonamides is 1. The first-order valence-electron chi connectivity index (χ1n) is 11.2. The summed E-state index contributed by atoms with van der Waals surface area (Å²) in [6.07, 6.45) is 4.85. The molecule has 1 fully saturated rings. The number of hydrogen-bond acceptors (Lipinski definition) is 7. The van der Waals surface area contributed by atoms with Crippen LogP contribution in [0.4, 0.5) is 5.82 Å². The Labute approximate surface area is 200 Å². The van der Waals surface area contributed by atoms with Gasteiger partial charge in [0.2, 0.25) is 15.8 Å². The van der Waals surface area contributed by atoms with Crippen LogP contribution in [0.3, 0.4) is 0 Å². The van der Waals surface area contributed by atoms with Gasteiger partial charge in [-0.15, -0.1) is 0 Å². The molecule has 0 bridgehead atoms. The van der Waals surface area contributed by atoms with E-state index in [2.05, 4.69) is 30.3 Å². The molecule has 2 atom stereocenters. The lowest BCUT2D eigenvalue weighted by molar-refractivity contribution is 0.0904. The minimum atomic E-state index is -3.40. The Balaban J connectivity index is 1.93. The van der Waals surface area contributed by atoms with Crippen LogP contribution in [-0.2, 0) is 10.0 Å². The van der Waals surface area contributed by atoms with Crippen molar-refractivity contribution in [2.24, 2.45) is 16.5 Å². The van der Waals surface area contributed by atoms with Gasteiger partial charge in [-0.2, -0.15) is 0 Å². The monoisotopic (exact) mass is 490 g/mol. The molecule has 7 N–H and O–H groups in total. The highest BCUT2D eigenvalue weighted by Gasteiger charge is 2.28. The Morgan fingerprint density at radius 3 is 2.59 bits per heavy atom. The quantitative estimate of drug-likeness (QED) is 0.268. The zero-order valence-corrected chi connectivity index (χ0v) is 20.9. The van der Waals surface area contributed by atoms with Gasteiger partial charge in [0.05, 0.1) is 23.9 Å². The number of aryl methyl sites for hydroxylation is 1. The van der Waals surface area contributed by atoms with E-state index in [4.69, 9.17) is 11.5 Å². The molecule has 1 heterocycles. The third-order valence-corrected chi connectivity index (χ3v) is 6.32. The van der Waals surface area contributed by atoms with Crippen molar-refractivity contribution in [2.75, 3.05) is 18.1 Å². The number of guanidine groups is 1. The average molecular weight is 491 g/mol. The number of anilines is 1. The molecule has 1 aliphatic rings. The van der Waals surface area contributed by atoms with Gasteiger partial charge >= 0.3 is 0 Å². The van der Waals surface area contributed by atoms with Crippen LogP contribution < -0.4 is 26.8 Å². The number of aliphatic imine (C=N–C) groups is 1. The van der Waals surface area contributed by atoms with Gasteiger partial charge in [-0.25, -0.2) is 28.1 Å². The molecule has 0 unspecified atom stereocenters. The molecule has 12 heteroatoms. The van der Waals surface area contributed by atoms with Crippen molar-refractivity contribution in [3.05, 3.63) is 29.6 Å². The van der Waals surface area contributed by atoms with Gasteiger partial charge < -0.3 is 22.1 Å². The third-order valence-electron chi connectivity index (χ3n) is 5.65. The molecular weight excluding hydrogens is 456 g/mol. The van der Waals surface area contributed by atoms with Crippen molar-refractivity contribution in [3.8, 4) is 0 Å². The number of nitrogens with two attached hydrogens (primary N) is 2. The topological polar surface area (TPSA) is 177 Å². The molecule has 0 spiro atoms. The first kappa shape index (κ1) is 25.6. The Kier molecular flexibility index (Phi) is 7.61. The van der Waals surface area contributed by atoms with Gasteiger partial charge in [-0.05, 0) is 45.7 Å². The van der Waals surface area contributed by atoms with E-state index in [1.165, 1.54) is 0 Å². The minimum Gasteiger partial charge on any atom is -0.370 e. The molecule has 3 rings (SSSR count). The fraction of sp³-hybridized carbons (Fsp3) is 0.545. The summed E-state index contributed by atoms with van der Waals surface area (Å²) in [5, 5.41) is 7.08. The predicted molar refractivity (Wildman–Crippen MR) is 134 cm³/mol. The molecule has 34 heavy (non-hydrogen) atoms. The Morgan fingerprint density at radius 2 is 1.91 bits per heavy atom. The van der Waals surface area contributed by atoms with Crippen LogP contribution in [-0.4, -0.2) is 60.7 Å². The van der Waals surface area contributed by atoms with E-state index in [-0.39, 0.29) is 30.4 Å². The Morgan fingerprint density at radius 1 is 1.21 bits per heavy atom. The molecule has 1 aliphatic carbocycles. The summed E-state index contributed by atoms with van der Waals surface area (Å²) < 4.78 is 25.3. The van der Waals surface area contributed by atoms with Crippen molar-refractivity contribution in [3.63, 3.8) is 0 Å². The second-order valence-corrected chi connectivity index (χ2v) is 11.3. The summed E-state index contributed by atoms with van der Waals surface area (Å²) in [5.41, 5.74) is 12.1. The maximum Gasteiger partial charge on any atom is 0.289 e. The molecule has 2 aromatic rings. The third kappa shape index (κ3) is 7.00. The van der Waals surface area contributed by atoms with E-state index >= 15 is 0 Å². The van der Waals surface area contributed by atoms with Crippen molar-refractivity contribution < 1.29 is 13.2 Å². The standard InChI is InChI=1S/C22H34N8O3S/c1-13-9-10-15-14(11-13)18(27-16-7-5-6-8-17(16)28-21(23)24)29-19(26-15)20(31)30-22(2,3)12-25-34(4,32)33/h9-11,16-17,25H,5-8,12H2,1-4H3,(H,30,31)(H4,23,24,28)(H,26,27,29)/t16-,17+/m0/s1. The fourth-order valence-corrected chi connectivity index (χ4v) is 4.60. The van der Waals surface area contributed by atoms with Gasteiger partial charge in [0.25, 0.3) is 5.91 Å². The van der Waals surface area contributed by atoms with E-state index in [1.54, 1.807) is 13.8 Å². The van der Waals surface area contributed by atoms with Gasteiger partial charge in [0, 0.05) is 17.5 Å². The van der Waals surface area contributed by atoms with Crippen LogP contribution in [0.15, 0.2) is 23.2 Å². The molecule has 0 aliphatic heterocycles. The molecular formula is C22H34N8O3S. The van der Waals surface area contributed by atoms with Crippen LogP contribution in [0.2, 0.25) is 0 Å². The maximum absolute atomic E-state index is 13.1. The van der Waals surface area contributed by atoms with Gasteiger partial charge in [0.1, 0.15) is 5.82 Å². The summed E-state index contributed by atoms with van der Waals surface area (Å²) in [6.45, 7) is 5.44. The smallest absolute Gasteiger partial charge is 0.289 e. The maximum atomic E-state index is 13.1. The summed E-state index contributed by atoms with van der Waals surface area (Å²) in [7, 11) is -3.40. The fourth-order valence-electron chi connectivity index (χ4n) is 3.97. The molecule has 186 valence electrons. The molecule has 1 amide bonds. The van der Waals surface area contributed by atoms with Crippen LogP contribution in [0.1, 0.15) is 55.7 Å². The molecule has 1 saturated carbocycles. The second-order valence-electron chi connectivity index (χ2n) is 9.50. The number of benzene rings is 1. The molecule has 11 nitrogen and oxygen atoms in total. The number of carbonyl (C=O) groups is 1. The summed E-state index contributed by atoms with van der Waals surface area (Å²) in [5.74, 6) is 0.0661. The molecule has 0 radical (unpaired) electrons. The minimum absolute atomic E-state index is 0.0134. The van der Waals surface area contributed by atoms with E-state index in [0.29, 0.717) is 11.3 Å². The first-order valence-corrected chi connectivity index (χ1v) is 13.1. The van der Waals surface area contributed by atoms with Gasteiger partial charge in [-0.3, -0.25) is 4.79 Å². The van der Waals surface area contributed by atoms with Crippen LogP contribution in [0.5, 0.6) is 0 Å². The van der Waals surface area contributed by atoms with Crippen LogP contribution in [0, 0.1) is 6.92 Å². The largest absolute Gasteiger partial charge is 0.370 e. The van der Waals surface area contributed by atoms with Crippen molar-refractivity contribution in [1.82, 2.24) is 20.0 Å². The highest BCUT2D eigenvalue weighted by Crippen LogP contribution is 2.28. The lowest BCUT2D eigenvalue weighted by atomic mass is 9.90. The van der Waals surface area contributed by atoms with Gasteiger partial charge in [0.15, 0.2) is 5.96 Å². The highest BCUT2D eigenvalue weighted by molar-refractivity contribution is 7.88. The lowest BCUT2D eigenvalue weighted by Crippen LogP contribution is -2.51. The highest BCUT2D eigenvalue weighted by atomic mass is 32.2. The van der Waals surface area contributed by atoms with Crippen LogP contribution >= 0.6 is 0 Å². The van der Waals surface area contributed by atoms with Crippen molar-refractivity contribution in [2.45, 2.75) is 64.1 Å². The second kappa shape index (κ2) is 10.1. The summed E-state index contributed by atoms with van der Waals surface area (Å²) >= 11 is 0. The van der Waals surface area contributed by atoms with Crippen LogP contribution in [0.25, 0.3) is 10.9 Å². The number of hydrogen-bond donors (Lipinski definition) is 5. The number of nitrogens with one attached hydrogen (secondary N) is 3. The number of rotatable bonds is 8. The van der Waals surface area contributed by atoms with E-state index < -0.39 is 21.5 Å². The van der Waals surface area contributed by atoms with E-state index in [0.717, 1.165) is 42.9 Å². The van der Waals surface area contributed by atoms with Crippen molar-refractivity contribution >= 4 is 38.6 Å². The van der Waals surface area contributed by atoms with Crippen molar-refractivity contribution in [1.29, 1.82) is 0 Å². The number of amides is 1. The first-order chi connectivity index (χ1) is 15.8. The zero-order chi connectivity index (χ0) is 25.1.